The summed E-state index contributed by atoms with van der Waals surface area (Å²) in [7, 11) is 1.49. The highest BCUT2D eigenvalue weighted by atomic mass is 19.4. The molecule has 1 aliphatic rings. The van der Waals surface area contributed by atoms with Crippen molar-refractivity contribution >= 4 is 17.3 Å². The molecule has 0 unspecified atom stereocenters. The molecule has 2 heterocycles. The second kappa shape index (κ2) is 6.15. The maximum atomic E-state index is 12.7. The highest BCUT2D eigenvalue weighted by molar-refractivity contribution is 6.11. The number of nitrogens with one attached hydrogen (secondary N) is 1. The second-order valence-corrected chi connectivity index (χ2v) is 5.28. The number of anilines is 2. The zero-order valence-corrected chi connectivity index (χ0v) is 13.3. The number of aryl methyl sites for hydroxylation is 1. The van der Waals surface area contributed by atoms with Gasteiger partial charge in [0.05, 0.1) is 36.4 Å². The third kappa shape index (κ3) is 3.44. The molecule has 0 saturated carbocycles. The van der Waals surface area contributed by atoms with Crippen molar-refractivity contribution in [3.05, 3.63) is 41.6 Å². The van der Waals surface area contributed by atoms with Gasteiger partial charge in [0.1, 0.15) is 5.75 Å². The maximum absolute atomic E-state index is 12.7. The first-order chi connectivity index (χ1) is 11.8. The quantitative estimate of drug-likeness (QED) is 0.917. The first-order valence-electron chi connectivity index (χ1n) is 7.25. The van der Waals surface area contributed by atoms with Gasteiger partial charge in [-0.15, -0.1) is 13.2 Å². The van der Waals surface area contributed by atoms with Gasteiger partial charge in [-0.3, -0.25) is 9.69 Å². The number of halogens is 3. The molecule has 132 valence electrons. The molecular weight excluding hydrogens is 339 g/mol. The van der Waals surface area contributed by atoms with Gasteiger partial charge in [-0.1, -0.05) is 0 Å². The van der Waals surface area contributed by atoms with Crippen molar-refractivity contribution in [3.63, 3.8) is 0 Å². The van der Waals surface area contributed by atoms with Gasteiger partial charge in [0.2, 0.25) is 5.88 Å². The van der Waals surface area contributed by atoms with Crippen molar-refractivity contribution in [1.29, 1.82) is 0 Å². The third-order valence-electron chi connectivity index (χ3n) is 3.66. The minimum Gasteiger partial charge on any atom is -0.481 e. The number of ether oxygens (including phenoxy) is 2. The zero-order chi connectivity index (χ0) is 18.2. The van der Waals surface area contributed by atoms with Crippen molar-refractivity contribution in [2.75, 3.05) is 24.0 Å². The Labute approximate surface area is 141 Å². The van der Waals surface area contributed by atoms with Gasteiger partial charge in [-0.2, -0.15) is 0 Å². The van der Waals surface area contributed by atoms with Crippen LogP contribution in [0, 0.1) is 6.92 Å². The van der Waals surface area contributed by atoms with Crippen LogP contribution in [0.5, 0.6) is 11.6 Å². The number of aromatic nitrogens is 1. The fraction of sp³-hybridized carbons (Fsp3) is 0.250. The van der Waals surface area contributed by atoms with Crippen LogP contribution in [0.1, 0.15) is 16.1 Å². The van der Waals surface area contributed by atoms with Crippen LogP contribution in [0.25, 0.3) is 0 Å². The molecule has 25 heavy (non-hydrogen) atoms. The summed E-state index contributed by atoms with van der Waals surface area (Å²) in [5, 5.41) is 2.92. The summed E-state index contributed by atoms with van der Waals surface area (Å²) in [6.07, 6.45) is -4.79. The van der Waals surface area contributed by atoms with Crippen molar-refractivity contribution in [2.24, 2.45) is 0 Å². The smallest absolute Gasteiger partial charge is 0.481 e. The number of methoxy groups -OCH3 is 1. The number of amides is 1. The Morgan fingerprint density at radius 2 is 2.00 bits per heavy atom. The van der Waals surface area contributed by atoms with E-state index in [2.05, 4.69) is 15.0 Å². The number of benzene rings is 1. The summed E-state index contributed by atoms with van der Waals surface area (Å²) >= 11 is 0. The van der Waals surface area contributed by atoms with Crippen LogP contribution >= 0.6 is 0 Å². The van der Waals surface area contributed by atoms with Gasteiger partial charge >= 0.3 is 6.36 Å². The van der Waals surface area contributed by atoms with Gasteiger partial charge in [-0.05, 0) is 25.1 Å². The Bertz CT molecular complexity index is 824. The summed E-state index contributed by atoms with van der Waals surface area (Å²) in [5.74, 6) is -0.308. The predicted octanol–water partition coefficient (Wildman–Crippen LogP) is 3.33. The van der Waals surface area contributed by atoms with E-state index in [0.29, 0.717) is 17.3 Å². The Morgan fingerprint density at radius 1 is 1.24 bits per heavy atom. The lowest BCUT2D eigenvalue weighted by Gasteiger charge is -2.30. The summed E-state index contributed by atoms with van der Waals surface area (Å²) < 4.78 is 45.8. The average molecular weight is 353 g/mol. The van der Waals surface area contributed by atoms with Crippen LogP contribution in [0.3, 0.4) is 0 Å². The number of carbonyl (C=O) groups is 1. The van der Waals surface area contributed by atoms with E-state index < -0.39 is 6.36 Å². The molecule has 0 bridgehead atoms. The molecule has 1 amide bonds. The largest absolute Gasteiger partial charge is 0.573 e. The van der Waals surface area contributed by atoms with Crippen LogP contribution in [0.15, 0.2) is 30.3 Å². The van der Waals surface area contributed by atoms with Gasteiger partial charge < -0.3 is 14.8 Å². The summed E-state index contributed by atoms with van der Waals surface area (Å²) in [4.78, 5) is 18.4. The number of rotatable bonds is 3. The Balaban J connectivity index is 1.89. The van der Waals surface area contributed by atoms with Crippen LogP contribution in [-0.4, -0.2) is 31.0 Å². The highest BCUT2D eigenvalue weighted by Gasteiger charge is 2.32. The molecule has 3 rings (SSSR count). The molecule has 6 nitrogen and oxygen atoms in total. The predicted molar refractivity (Wildman–Crippen MR) is 84.0 cm³/mol. The maximum Gasteiger partial charge on any atom is 0.573 e. The monoisotopic (exact) mass is 353 g/mol. The van der Waals surface area contributed by atoms with E-state index in [1.54, 1.807) is 19.1 Å². The van der Waals surface area contributed by atoms with Crippen molar-refractivity contribution in [2.45, 2.75) is 13.3 Å². The Kier molecular flexibility index (Phi) is 4.15. The van der Waals surface area contributed by atoms with Crippen LogP contribution < -0.4 is 19.7 Å². The van der Waals surface area contributed by atoms with E-state index in [-0.39, 0.29) is 29.6 Å². The molecule has 1 aromatic carbocycles. The minimum atomic E-state index is -4.79. The number of hydrogen-bond acceptors (Lipinski definition) is 5. The van der Waals surface area contributed by atoms with E-state index in [1.165, 1.54) is 18.1 Å². The molecule has 0 aliphatic carbocycles. The molecule has 1 aromatic heterocycles. The summed E-state index contributed by atoms with van der Waals surface area (Å²) in [6.45, 7) is 1.83. The average Bonchev–Trinajstić information content (AvgIpc) is 2.54. The van der Waals surface area contributed by atoms with Gasteiger partial charge in [-0.25, -0.2) is 4.98 Å². The van der Waals surface area contributed by atoms with E-state index >= 15 is 0 Å². The molecule has 1 aliphatic heterocycles. The molecule has 0 saturated heterocycles. The van der Waals surface area contributed by atoms with E-state index in [9.17, 15) is 18.0 Å². The van der Waals surface area contributed by atoms with E-state index in [1.807, 2.05) is 0 Å². The lowest BCUT2D eigenvalue weighted by Crippen LogP contribution is -2.40. The lowest BCUT2D eigenvalue weighted by molar-refractivity contribution is -0.274. The first-order valence-corrected chi connectivity index (χ1v) is 7.25. The Hall–Kier alpha value is -2.97. The van der Waals surface area contributed by atoms with Crippen LogP contribution in [0.2, 0.25) is 0 Å². The van der Waals surface area contributed by atoms with E-state index in [0.717, 1.165) is 12.1 Å². The first kappa shape index (κ1) is 16.9. The van der Waals surface area contributed by atoms with Crippen molar-refractivity contribution in [1.82, 2.24) is 4.98 Å². The standard InChI is InChI=1S/C16H14F3N3O3/c1-9-13(5-6-14(21-9)24-2)22-8-20-12-7-10(25-16(17,18)19)3-4-11(12)15(22)23/h3-7,20H,8H2,1-2H3. The van der Waals surface area contributed by atoms with Gasteiger partial charge in [0.25, 0.3) is 5.91 Å². The fourth-order valence-electron chi connectivity index (χ4n) is 2.56. The topological polar surface area (TPSA) is 63.7 Å². The normalized spacial score (nSPS) is 14.0. The molecule has 0 radical (unpaired) electrons. The molecule has 0 spiro atoms. The highest BCUT2D eigenvalue weighted by Crippen LogP contribution is 2.32. The number of fused-ring (bicyclic) bond motifs is 1. The molecule has 0 atom stereocenters. The number of pyridine rings is 1. The Morgan fingerprint density at radius 3 is 2.64 bits per heavy atom. The van der Waals surface area contributed by atoms with Crippen LogP contribution in [-0.2, 0) is 0 Å². The third-order valence-corrected chi connectivity index (χ3v) is 3.66. The minimum absolute atomic E-state index is 0.0934. The molecule has 1 N–H and O–H groups in total. The van der Waals surface area contributed by atoms with Crippen LogP contribution in [0.4, 0.5) is 24.5 Å². The van der Waals surface area contributed by atoms with E-state index in [4.69, 9.17) is 4.74 Å². The SMILES string of the molecule is COc1ccc(N2CNc3cc(OC(F)(F)F)ccc3C2=O)c(C)n1. The molecule has 0 fully saturated rings. The number of carbonyl (C=O) groups excluding carboxylic acids is 1. The molecular formula is C16H14F3N3O3. The summed E-state index contributed by atoms with van der Waals surface area (Å²) in [5.41, 5.74) is 1.70. The number of hydrogen-bond donors (Lipinski definition) is 1. The zero-order valence-electron chi connectivity index (χ0n) is 13.3. The lowest BCUT2D eigenvalue weighted by atomic mass is 10.1. The fourth-order valence-corrected chi connectivity index (χ4v) is 2.56. The molecule has 2 aromatic rings. The van der Waals surface area contributed by atoms with Crippen molar-refractivity contribution in [3.8, 4) is 11.6 Å². The summed E-state index contributed by atoms with van der Waals surface area (Å²) in [6, 6.07) is 6.88. The number of alkyl halides is 3. The van der Waals surface area contributed by atoms with Gasteiger partial charge in [0, 0.05) is 12.1 Å². The molecule has 9 heteroatoms. The number of nitrogens with zero attached hydrogens (tertiary/aromatic N) is 2. The van der Waals surface area contributed by atoms with Gasteiger partial charge in [0.15, 0.2) is 0 Å². The second-order valence-electron chi connectivity index (χ2n) is 5.28. The van der Waals surface area contributed by atoms with Crippen molar-refractivity contribution < 1.29 is 27.4 Å².